The lowest BCUT2D eigenvalue weighted by Gasteiger charge is -2.17. The van der Waals surface area contributed by atoms with Gasteiger partial charge in [-0.2, -0.15) is 8.42 Å². The van der Waals surface area contributed by atoms with Crippen molar-refractivity contribution in [1.82, 2.24) is 0 Å². The number of carbonyl (C=O) groups is 1. The van der Waals surface area contributed by atoms with Crippen LogP contribution in [-0.2, 0) is 19.0 Å². The summed E-state index contributed by atoms with van der Waals surface area (Å²) in [6, 6.07) is 0. The highest BCUT2D eigenvalue weighted by Gasteiger charge is 2.20. The molecule has 5 nitrogen and oxygen atoms in total. The zero-order chi connectivity index (χ0) is 19.7. The van der Waals surface area contributed by atoms with Crippen LogP contribution in [0.3, 0.4) is 0 Å². The Balaban J connectivity index is 4.31. The molecule has 0 saturated carbocycles. The summed E-state index contributed by atoms with van der Waals surface area (Å²) in [7, 11) is -3.86. The molecule has 0 spiro atoms. The van der Waals surface area contributed by atoms with Crippen LogP contribution in [0.5, 0.6) is 0 Å². The fourth-order valence-electron chi connectivity index (χ4n) is 2.93. The van der Waals surface area contributed by atoms with E-state index in [0.29, 0.717) is 18.8 Å². The van der Waals surface area contributed by atoms with Gasteiger partial charge in [0.25, 0.3) is 0 Å². The summed E-state index contributed by atoms with van der Waals surface area (Å²) in [4.78, 5) is 11.4. The van der Waals surface area contributed by atoms with Gasteiger partial charge in [-0.25, -0.2) is 4.79 Å². The summed E-state index contributed by atoms with van der Waals surface area (Å²) in [5.41, 5.74) is 0. The van der Waals surface area contributed by atoms with E-state index in [9.17, 15) is 13.2 Å². The van der Waals surface area contributed by atoms with Crippen LogP contribution in [0.25, 0.3) is 0 Å². The zero-order valence-electron chi connectivity index (χ0n) is 17.1. The lowest BCUT2D eigenvalue weighted by Crippen LogP contribution is -2.19. The molecule has 0 aliphatic rings. The van der Waals surface area contributed by atoms with Gasteiger partial charge in [0, 0.05) is 0 Å². The van der Waals surface area contributed by atoms with Crippen molar-refractivity contribution in [2.75, 3.05) is 12.4 Å². The molecule has 0 aromatic heterocycles. The summed E-state index contributed by atoms with van der Waals surface area (Å²) < 4.78 is 33.3. The van der Waals surface area contributed by atoms with Gasteiger partial charge < -0.3 is 8.92 Å². The molecule has 0 aromatic carbocycles. The van der Waals surface area contributed by atoms with Crippen LogP contribution in [-0.4, -0.2) is 26.9 Å². The van der Waals surface area contributed by atoms with E-state index < -0.39 is 16.3 Å². The van der Waals surface area contributed by atoms with Crippen molar-refractivity contribution in [2.45, 2.75) is 104 Å². The molecule has 0 heterocycles. The molecule has 6 heteroatoms. The maximum atomic E-state index is 12.0. The van der Waals surface area contributed by atoms with E-state index in [2.05, 4.69) is 18.0 Å². The van der Waals surface area contributed by atoms with Crippen LogP contribution >= 0.6 is 0 Å². The van der Waals surface area contributed by atoms with Crippen molar-refractivity contribution in [1.29, 1.82) is 0 Å². The Labute approximate surface area is 161 Å². The number of unbranched alkanes of at least 4 members (excludes halogenated alkanes) is 7. The lowest BCUT2D eigenvalue weighted by atomic mass is 9.92. The van der Waals surface area contributed by atoms with E-state index in [1.807, 2.05) is 6.92 Å². The Bertz CT molecular complexity index is 421. The van der Waals surface area contributed by atoms with Crippen molar-refractivity contribution < 1.29 is 22.1 Å². The van der Waals surface area contributed by atoms with Crippen molar-refractivity contribution >= 4 is 16.3 Å². The van der Waals surface area contributed by atoms with Crippen LogP contribution in [0.15, 0.2) is 0 Å². The number of carbonyl (C=O) groups excluding carboxylic acids is 1. The largest absolute Gasteiger partial charge is 0.524 e. The van der Waals surface area contributed by atoms with E-state index >= 15 is 0 Å². The van der Waals surface area contributed by atoms with Crippen LogP contribution < -0.4 is 0 Å². The van der Waals surface area contributed by atoms with Gasteiger partial charge in [0.15, 0.2) is 0 Å². The molecule has 0 bridgehead atoms. The maximum Gasteiger partial charge on any atom is 0.524 e. The van der Waals surface area contributed by atoms with Gasteiger partial charge in [-0.05, 0) is 18.8 Å². The first-order chi connectivity index (χ1) is 12.4. The van der Waals surface area contributed by atoms with E-state index in [1.165, 1.54) is 38.5 Å². The van der Waals surface area contributed by atoms with Crippen molar-refractivity contribution in [2.24, 2.45) is 5.92 Å². The van der Waals surface area contributed by atoms with Crippen LogP contribution in [0.2, 0.25) is 0 Å². The second kappa shape index (κ2) is 16.4. The Morgan fingerprint density at radius 1 is 0.769 bits per heavy atom. The van der Waals surface area contributed by atoms with Crippen LogP contribution in [0.4, 0.5) is 4.79 Å². The minimum Gasteiger partial charge on any atom is -0.433 e. The van der Waals surface area contributed by atoms with Crippen molar-refractivity contribution in [3.05, 3.63) is 0 Å². The SMILES string of the molecule is CCCCCCC(CCCCCC)CCS(=O)(=O)OC(=O)OCCCC. The van der Waals surface area contributed by atoms with Gasteiger partial charge in [-0.3, -0.25) is 0 Å². The summed E-state index contributed by atoms with van der Waals surface area (Å²) in [5.74, 6) is 0.278. The van der Waals surface area contributed by atoms with Gasteiger partial charge in [-0.15, -0.1) is 0 Å². The van der Waals surface area contributed by atoms with Gasteiger partial charge >= 0.3 is 16.3 Å². The molecule has 0 radical (unpaired) electrons. The first-order valence-corrected chi connectivity index (χ1v) is 12.1. The normalized spacial score (nSPS) is 11.7. The molecular weight excluding hydrogens is 352 g/mol. The average molecular weight is 393 g/mol. The predicted octanol–water partition coefficient (Wildman–Crippen LogP) is 6.22. The third-order valence-corrected chi connectivity index (χ3v) is 5.75. The fourth-order valence-corrected chi connectivity index (χ4v) is 3.89. The second-order valence-electron chi connectivity index (χ2n) is 7.15. The molecule has 0 unspecified atom stereocenters. The molecule has 0 aromatic rings. The Morgan fingerprint density at radius 3 is 1.81 bits per heavy atom. The standard InChI is InChI=1S/C20H40O5S/c1-4-7-10-12-14-19(15-13-11-8-5-2)16-18-26(22,23)25-20(21)24-17-9-6-3/h19H,4-18H2,1-3H3. The van der Waals surface area contributed by atoms with Crippen molar-refractivity contribution in [3.8, 4) is 0 Å². The van der Waals surface area contributed by atoms with Gasteiger partial charge in [0.2, 0.25) is 0 Å². The summed E-state index contributed by atoms with van der Waals surface area (Å²) >= 11 is 0. The highest BCUT2D eigenvalue weighted by atomic mass is 32.2. The van der Waals surface area contributed by atoms with E-state index in [1.54, 1.807) is 0 Å². The minimum atomic E-state index is -3.86. The van der Waals surface area contributed by atoms with E-state index in [4.69, 9.17) is 4.74 Å². The lowest BCUT2D eigenvalue weighted by molar-refractivity contribution is 0.100. The third kappa shape index (κ3) is 15.5. The summed E-state index contributed by atoms with van der Waals surface area (Å²) in [6.45, 7) is 6.53. The smallest absolute Gasteiger partial charge is 0.433 e. The first kappa shape index (κ1) is 25.2. The number of ether oxygens (including phenoxy) is 1. The summed E-state index contributed by atoms with van der Waals surface area (Å²) in [5, 5.41) is 0. The zero-order valence-corrected chi connectivity index (χ0v) is 17.9. The molecule has 0 atom stereocenters. The number of rotatable bonds is 17. The molecule has 26 heavy (non-hydrogen) atoms. The fraction of sp³-hybridized carbons (Fsp3) is 0.950. The van der Waals surface area contributed by atoms with Gasteiger partial charge in [0.05, 0.1) is 12.4 Å². The molecule has 0 aliphatic heterocycles. The van der Waals surface area contributed by atoms with Crippen LogP contribution in [0.1, 0.15) is 104 Å². The molecule has 0 rings (SSSR count). The molecular formula is C20H40O5S. The maximum absolute atomic E-state index is 12.0. The van der Waals surface area contributed by atoms with Crippen molar-refractivity contribution in [3.63, 3.8) is 0 Å². The Hall–Kier alpha value is -0.780. The average Bonchev–Trinajstić information content (AvgIpc) is 2.59. The highest BCUT2D eigenvalue weighted by Crippen LogP contribution is 2.22. The van der Waals surface area contributed by atoms with Gasteiger partial charge in [0.1, 0.15) is 0 Å². The second-order valence-corrected chi connectivity index (χ2v) is 8.84. The van der Waals surface area contributed by atoms with Crippen LogP contribution in [0, 0.1) is 5.92 Å². The Morgan fingerprint density at radius 2 is 1.31 bits per heavy atom. The quantitative estimate of drug-likeness (QED) is 0.167. The molecule has 0 aliphatic carbocycles. The molecule has 156 valence electrons. The third-order valence-electron chi connectivity index (χ3n) is 4.62. The highest BCUT2D eigenvalue weighted by molar-refractivity contribution is 7.87. The van der Waals surface area contributed by atoms with Gasteiger partial charge in [-0.1, -0.05) is 91.4 Å². The summed E-state index contributed by atoms with van der Waals surface area (Å²) in [6.07, 6.45) is 12.7. The molecule has 0 N–H and O–H groups in total. The minimum absolute atomic E-state index is 0.109. The topological polar surface area (TPSA) is 69.7 Å². The van der Waals surface area contributed by atoms with E-state index in [0.717, 1.165) is 32.1 Å². The number of hydrogen-bond donors (Lipinski definition) is 0. The Kier molecular flexibility index (Phi) is 15.9. The monoisotopic (exact) mass is 392 g/mol. The molecule has 0 amide bonds. The predicted molar refractivity (Wildman–Crippen MR) is 107 cm³/mol. The molecule has 0 saturated heterocycles. The number of hydrogen-bond acceptors (Lipinski definition) is 5. The molecule has 0 fully saturated rings. The van der Waals surface area contributed by atoms with E-state index in [-0.39, 0.29) is 12.4 Å². The first-order valence-electron chi connectivity index (χ1n) is 10.5.